The van der Waals surface area contributed by atoms with Gasteiger partial charge >= 0.3 is 0 Å². The first-order valence-electron chi connectivity index (χ1n) is 7.39. The Hall–Kier alpha value is -0.220. The van der Waals surface area contributed by atoms with Gasteiger partial charge in [0.1, 0.15) is 0 Å². The molecule has 1 aliphatic rings. The molecule has 0 radical (unpaired) electrons. The predicted octanol–water partition coefficient (Wildman–Crippen LogP) is 3.60. The summed E-state index contributed by atoms with van der Waals surface area (Å²) in [5.74, 6) is 0. The summed E-state index contributed by atoms with van der Waals surface area (Å²) in [6.45, 7) is 9.38. The van der Waals surface area contributed by atoms with Crippen LogP contribution in [0.1, 0.15) is 18.9 Å². The lowest BCUT2D eigenvalue weighted by Gasteiger charge is -2.35. The van der Waals surface area contributed by atoms with E-state index in [1.54, 1.807) is 0 Å². The summed E-state index contributed by atoms with van der Waals surface area (Å²) in [4.78, 5) is 5.14. The first-order valence-corrected chi connectivity index (χ1v) is 9.06. The molecule has 0 spiro atoms. The fourth-order valence-corrected chi connectivity index (χ4v) is 2.97. The number of thioether (sulfide) groups is 1. The smallest absolute Gasteiger partial charge is 0.0406 e. The molecule has 1 aliphatic heterocycles. The van der Waals surface area contributed by atoms with Gasteiger partial charge in [0.25, 0.3) is 0 Å². The molecular weight excluding hydrogens is 288 g/mol. The molecule has 0 unspecified atom stereocenters. The maximum absolute atomic E-state index is 5.92. The summed E-state index contributed by atoms with van der Waals surface area (Å²) in [6, 6.07) is 8.23. The second-order valence-corrected chi connectivity index (χ2v) is 7.29. The van der Waals surface area contributed by atoms with Crippen molar-refractivity contribution in [3.8, 4) is 0 Å². The molecular formula is C16H25ClN2S. The molecule has 1 fully saturated rings. The quantitative estimate of drug-likeness (QED) is 0.792. The number of benzene rings is 1. The Balaban J connectivity index is 1.70. The number of rotatable bonds is 6. The van der Waals surface area contributed by atoms with Crippen LogP contribution in [-0.2, 0) is 6.54 Å². The summed E-state index contributed by atoms with van der Waals surface area (Å²) in [5, 5.41) is 1.60. The zero-order valence-electron chi connectivity index (χ0n) is 12.5. The third-order valence-electron chi connectivity index (χ3n) is 4.04. The van der Waals surface area contributed by atoms with Crippen LogP contribution >= 0.6 is 23.4 Å². The standard InChI is InChI=1S/C16H25ClN2S/c1-14(20-2)7-8-18-9-11-19(12-10-18)13-15-3-5-16(17)6-4-15/h3-6,14H,7-13H2,1-2H3/t14-/m0/s1. The first kappa shape index (κ1) is 16.2. The lowest BCUT2D eigenvalue weighted by Crippen LogP contribution is -2.46. The fraction of sp³-hybridized carbons (Fsp3) is 0.625. The Morgan fingerprint density at radius 2 is 1.70 bits per heavy atom. The summed E-state index contributed by atoms with van der Waals surface area (Å²) in [5.41, 5.74) is 1.36. The molecule has 0 aliphatic carbocycles. The molecule has 0 saturated carbocycles. The Kier molecular flexibility index (Phi) is 6.69. The van der Waals surface area contributed by atoms with E-state index in [1.165, 1.54) is 44.7 Å². The highest BCUT2D eigenvalue weighted by atomic mass is 35.5. The van der Waals surface area contributed by atoms with Gasteiger partial charge in [0, 0.05) is 43.0 Å². The third-order valence-corrected chi connectivity index (χ3v) is 5.33. The normalized spacial score (nSPS) is 19.1. The van der Waals surface area contributed by atoms with Gasteiger partial charge in [-0.1, -0.05) is 30.7 Å². The lowest BCUT2D eigenvalue weighted by atomic mass is 10.2. The molecule has 20 heavy (non-hydrogen) atoms. The molecule has 1 aromatic rings. The van der Waals surface area contributed by atoms with E-state index in [0.29, 0.717) is 0 Å². The van der Waals surface area contributed by atoms with Gasteiger partial charge in [0.05, 0.1) is 0 Å². The van der Waals surface area contributed by atoms with E-state index >= 15 is 0 Å². The lowest BCUT2D eigenvalue weighted by molar-refractivity contribution is 0.126. The van der Waals surface area contributed by atoms with Crippen molar-refractivity contribution >= 4 is 23.4 Å². The van der Waals surface area contributed by atoms with Gasteiger partial charge in [-0.2, -0.15) is 11.8 Å². The molecule has 112 valence electrons. The molecule has 4 heteroatoms. The van der Waals surface area contributed by atoms with E-state index in [2.05, 4.69) is 35.1 Å². The van der Waals surface area contributed by atoms with Crippen molar-refractivity contribution in [3.63, 3.8) is 0 Å². The monoisotopic (exact) mass is 312 g/mol. The van der Waals surface area contributed by atoms with Gasteiger partial charge in [-0.05, 0) is 36.9 Å². The van der Waals surface area contributed by atoms with Gasteiger partial charge < -0.3 is 4.90 Å². The van der Waals surface area contributed by atoms with Crippen LogP contribution in [0.3, 0.4) is 0 Å². The first-order chi connectivity index (χ1) is 9.67. The molecule has 0 amide bonds. The van der Waals surface area contributed by atoms with Crippen LogP contribution < -0.4 is 0 Å². The SMILES string of the molecule is CS[C@@H](C)CCN1CCN(Cc2ccc(Cl)cc2)CC1. The Bertz CT molecular complexity index is 388. The van der Waals surface area contributed by atoms with Gasteiger partial charge in [0.15, 0.2) is 0 Å². The minimum atomic E-state index is 0.780. The molecule has 1 heterocycles. The van der Waals surface area contributed by atoms with Crippen LogP contribution in [0.4, 0.5) is 0 Å². The molecule has 1 saturated heterocycles. The molecule has 0 N–H and O–H groups in total. The van der Waals surface area contributed by atoms with E-state index in [9.17, 15) is 0 Å². The van der Waals surface area contributed by atoms with Crippen molar-refractivity contribution in [1.82, 2.24) is 9.80 Å². The van der Waals surface area contributed by atoms with Crippen LogP contribution in [-0.4, -0.2) is 54.0 Å². The average Bonchev–Trinajstić information content (AvgIpc) is 2.48. The molecule has 1 aromatic carbocycles. The summed E-state index contributed by atoms with van der Waals surface area (Å²) >= 11 is 7.89. The highest BCUT2D eigenvalue weighted by molar-refractivity contribution is 7.99. The average molecular weight is 313 g/mol. The summed E-state index contributed by atoms with van der Waals surface area (Å²) in [6.07, 6.45) is 3.51. The molecule has 0 bridgehead atoms. The third kappa shape index (κ3) is 5.28. The Morgan fingerprint density at radius 3 is 2.30 bits per heavy atom. The van der Waals surface area contributed by atoms with E-state index in [-0.39, 0.29) is 0 Å². The largest absolute Gasteiger partial charge is 0.301 e. The molecule has 2 rings (SSSR count). The van der Waals surface area contributed by atoms with Crippen molar-refractivity contribution < 1.29 is 0 Å². The molecule has 0 aromatic heterocycles. The zero-order chi connectivity index (χ0) is 14.4. The van der Waals surface area contributed by atoms with Crippen LogP contribution in [0.25, 0.3) is 0 Å². The fourth-order valence-electron chi connectivity index (χ4n) is 2.50. The van der Waals surface area contributed by atoms with Crippen LogP contribution in [0.5, 0.6) is 0 Å². The minimum Gasteiger partial charge on any atom is -0.301 e. The number of nitrogens with zero attached hydrogens (tertiary/aromatic N) is 2. The van der Waals surface area contributed by atoms with Crippen molar-refractivity contribution in [2.24, 2.45) is 0 Å². The number of hydrogen-bond acceptors (Lipinski definition) is 3. The van der Waals surface area contributed by atoms with Gasteiger partial charge in [-0.3, -0.25) is 4.90 Å². The minimum absolute atomic E-state index is 0.780. The second-order valence-electron chi connectivity index (χ2n) is 5.58. The van der Waals surface area contributed by atoms with E-state index in [0.717, 1.165) is 16.8 Å². The molecule has 1 atom stereocenters. The summed E-state index contributed by atoms with van der Waals surface area (Å²) < 4.78 is 0. The van der Waals surface area contributed by atoms with Crippen LogP contribution in [0.15, 0.2) is 24.3 Å². The predicted molar refractivity (Wildman–Crippen MR) is 90.8 cm³/mol. The molecule has 2 nitrogen and oxygen atoms in total. The topological polar surface area (TPSA) is 6.48 Å². The van der Waals surface area contributed by atoms with E-state index in [1.807, 2.05) is 23.9 Å². The highest BCUT2D eigenvalue weighted by Crippen LogP contribution is 2.14. The maximum atomic E-state index is 5.92. The number of piperazine rings is 1. The van der Waals surface area contributed by atoms with Crippen molar-refractivity contribution in [2.75, 3.05) is 39.0 Å². The van der Waals surface area contributed by atoms with Crippen molar-refractivity contribution in [3.05, 3.63) is 34.9 Å². The van der Waals surface area contributed by atoms with Crippen LogP contribution in [0.2, 0.25) is 5.02 Å². The van der Waals surface area contributed by atoms with E-state index in [4.69, 9.17) is 11.6 Å². The van der Waals surface area contributed by atoms with Crippen molar-refractivity contribution in [1.29, 1.82) is 0 Å². The maximum Gasteiger partial charge on any atom is 0.0406 e. The number of hydrogen-bond donors (Lipinski definition) is 0. The van der Waals surface area contributed by atoms with Gasteiger partial charge in [-0.15, -0.1) is 0 Å². The second kappa shape index (κ2) is 8.28. The van der Waals surface area contributed by atoms with Crippen LogP contribution in [0, 0.1) is 0 Å². The highest BCUT2D eigenvalue weighted by Gasteiger charge is 2.17. The van der Waals surface area contributed by atoms with Gasteiger partial charge in [-0.25, -0.2) is 0 Å². The van der Waals surface area contributed by atoms with Crippen molar-refractivity contribution in [2.45, 2.75) is 25.1 Å². The summed E-state index contributed by atoms with van der Waals surface area (Å²) in [7, 11) is 0. The Labute approximate surface area is 132 Å². The van der Waals surface area contributed by atoms with Gasteiger partial charge in [0.2, 0.25) is 0 Å². The zero-order valence-corrected chi connectivity index (χ0v) is 14.1. The van der Waals surface area contributed by atoms with E-state index < -0.39 is 0 Å². The Morgan fingerprint density at radius 1 is 1.10 bits per heavy atom. The number of halogens is 1.